The van der Waals surface area contributed by atoms with Crippen molar-refractivity contribution < 1.29 is 18.9 Å². The van der Waals surface area contributed by atoms with Crippen LogP contribution in [0.5, 0.6) is 5.75 Å². The normalized spacial score (nSPS) is 13.4. The van der Waals surface area contributed by atoms with Gasteiger partial charge in [-0.1, -0.05) is 0 Å². The molecule has 1 unspecified atom stereocenters. The van der Waals surface area contributed by atoms with E-state index < -0.39 is 18.8 Å². The molecule has 0 amide bonds. The minimum absolute atomic E-state index is 0. The Morgan fingerprint density at radius 3 is 2.25 bits per heavy atom. The molecule has 1 aromatic carbocycles. The minimum Gasteiger partial charge on any atom is -0.768 e. The molecule has 0 saturated carbocycles. The number of hydrogen-bond donors (Lipinski definition) is 2. The number of rotatable bonds is 4. The highest BCUT2D eigenvalue weighted by molar-refractivity contribution is 7.51. The van der Waals surface area contributed by atoms with Crippen molar-refractivity contribution in [2.75, 3.05) is 6.29 Å². The highest BCUT2D eigenvalue weighted by atomic mass is 31.2. The van der Waals surface area contributed by atoms with E-state index >= 15 is 0 Å². The molecule has 0 aromatic heterocycles. The summed E-state index contributed by atoms with van der Waals surface area (Å²) in [5, 5.41) is 10.3. The van der Waals surface area contributed by atoms with Crippen molar-refractivity contribution in [2.24, 2.45) is 5.73 Å². The van der Waals surface area contributed by atoms with Crippen LogP contribution in [0, 0.1) is 10.1 Å². The predicted octanol–water partition coefficient (Wildman–Crippen LogP) is 0.819. The number of quaternary nitrogens is 1. The maximum atomic E-state index is 10.9. The first-order valence-electron chi connectivity index (χ1n) is 3.89. The average Bonchev–Trinajstić information content (AvgIpc) is 2.18. The lowest BCUT2D eigenvalue weighted by molar-refractivity contribution is -0.384. The first kappa shape index (κ1) is 14.5. The van der Waals surface area contributed by atoms with Gasteiger partial charge in [-0.05, 0) is 12.1 Å². The molecular weight excluding hydrogens is 237 g/mol. The van der Waals surface area contributed by atoms with E-state index in [2.05, 4.69) is 4.52 Å². The molecule has 1 aromatic rings. The Labute approximate surface area is 91.3 Å². The first-order valence-corrected chi connectivity index (χ1v) is 5.61. The van der Waals surface area contributed by atoms with Gasteiger partial charge in [0.15, 0.2) is 7.60 Å². The monoisotopic (exact) mass is 249 g/mol. The Morgan fingerprint density at radius 1 is 1.38 bits per heavy atom. The molecule has 9 heteroatoms. The molecule has 0 aliphatic rings. The number of non-ortho nitro benzene ring substituents is 1. The van der Waals surface area contributed by atoms with E-state index in [-0.39, 0.29) is 17.6 Å². The summed E-state index contributed by atoms with van der Waals surface area (Å²) in [5.74, 6) is 0.00406. The molecule has 0 spiro atoms. The van der Waals surface area contributed by atoms with Crippen LogP contribution >= 0.6 is 7.60 Å². The fourth-order valence-electron chi connectivity index (χ4n) is 0.827. The lowest BCUT2D eigenvalue weighted by Gasteiger charge is -2.21. The zero-order valence-corrected chi connectivity index (χ0v) is 9.42. The smallest absolute Gasteiger partial charge is 0.269 e. The molecule has 0 fully saturated rings. The van der Waals surface area contributed by atoms with E-state index in [0.717, 1.165) is 12.1 Å². The third kappa shape index (κ3) is 3.95. The molecule has 0 heterocycles. The van der Waals surface area contributed by atoms with Crippen LogP contribution in [-0.2, 0) is 4.57 Å². The second-order valence-corrected chi connectivity index (χ2v) is 4.41. The lowest BCUT2D eigenvalue weighted by atomic mass is 10.3. The molecule has 0 bridgehead atoms. The van der Waals surface area contributed by atoms with Gasteiger partial charge in [0.2, 0.25) is 0 Å². The first-order chi connectivity index (χ1) is 6.94. The quantitative estimate of drug-likeness (QED) is 0.457. The Kier molecular flexibility index (Phi) is 5.06. The van der Waals surface area contributed by atoms with Gasteiger partial charge in [-0.3, -0.25) is 14.7 Å². The van der Waals surface area contributed by atoms with Crippen molar-refractivity contribution in [3.05, 3.63) is 34.4 Å². The number of nitro groups is 1. The molecule has 8 nitrogen and oxygen atoms in total. The van der Waals surface area contributed by atoms with Crippen LogP contribution in [0.1, 0.15) is 0 Å². The van der Waals surface area contributed by atoms with Gasteiger partial charge in [0.1, 0.15) is 5.75 Å². The van der Waals surface area contributed by atoms with Crippen LogP contribution in [0.25, 0.3) is 0 Å². The molecule has 1 atom stereocenters. The SMILES string of the molecule is NCP(=O)([O-])Oc1ccc([N+](=O)[O-])cc1.[NH4+]. The summed E-state index contributed by atoms with van der Waals surface area (Å²) in [6, 6.07) is 4.67. The molecule has 0 aliphatic carbocycles. The maximum absolute atomic E-state index is 10.9. The molecule has 1 rings (SSSR count). The van der Waals surface area contributed by atoms with Crippen molar-refractivity contribution in [3.8, 4) is 5.75 Å². The van der Waals surface area contributed by atoms with Crippen LogP contribution in [-0.4, -0.2) is 11.2 Å². The van der Waals surface area contributed by atoms with Gasteiger partial charge in [0.25, 0.3) is 5.69 Å². The summed E-state index contributed by atoms with van der Waals surface area (Å²) in [5.41, 5.74) is 4.78. The second-order valence-electron chi connectivity index (χ2n) is 2.64. The van der Waals surface area contributed by atoms with Crippen molar-refractivity contribution in [2.45, 2.75) is 0 Å². The van der Waals surface area contributed by atoms with Crippen LogP contribution in [0.4, 0.5) is 5.69 Å². The van der Waals surface area contributed by atoms with Gasteiger partial charge >= 0.3 is 0 Å². The van der Waals surface area contributed by atoms with E-state index in [1.807, 2.05) is 0 Å². The standard InChI is InChI=1S/C7H9N2O5P.H3N/c8-5-15(12,13)14-7-3-1-6(2-4-7)9(10)11;/h1-4H,5,8H2,(H,12,13);1H3. The van der Waals surface area contributed by atoms with Crippen LogP contribution < -0.4 is 21.3 Å². The number of benzene rings is 1. The lowest BCUT2D eigenvalue weighted by Crippen LogP contribution is -2.16. The molecule has 16 heavy (non-hydrogen) atoms. The van der Waals surface area contributed by atoms with Crippen molar-refractivity contribution in [1.29, 1.82) is 0 Å². The van der Waals surface area contributed by atoms with Gasteiger partial charge in [-0.25, -0.2) is 0 Å². The Bertz CT molecular complexity index is 407. The van der Waals surface area contributed by atoms with Crippen molar-refractivity contribution in [1.82, 2.24) is 6.15 Å². The molecular formula is C7H12N3O5P. The average molecular weight is 249 g/mol. The predicted molar refractivity (Wildman–Crippen MR) is 56.4 cm³/mol. The fourth-order valence-corrected chi connectivity index (χ4v) is 1.34. The van der Waals surface area contributed by atoms with E-state index in [0.29, 0.717) is 0 Å². The summed E-state index contributed by atoms with van der Waals surface area (Å²) in [6.07, 6.45) is -0.621. The summed E-state index contributed by atoms with van der Waals surface area (Å²) in [7, 11) is -4.08. The van der Waals surface area contributed by atoms with Crippen LogP contribution in [0.2, 0.25) is 0 Å². The third-order valence-corrected chi connectivity index (χ3v) is 2.45. The molecule has 0 radical (unpaired) electrons. The Balaban J connectivity index is 0.00000225. The van der Waals surface area contributed by atoms with Crippen LogP contribution in [0.3, 0.4) is 0 Å². The fraction of sp³-hybridized carbons (Fsp3) is 0.143. The Morgan fingerprint density at radius 2 is 1.88 bits per heavy atom. The second kappa shape index (κ2) is 5.57. The van der Waals surface area contributed by atoms with Gasteiger partial charge in [0, 0.05) is 12.1 Å². The van der Waals surface area contributed by atoms with Gasteiger partial charge in [-0.15, -0.1) is 0 Å². The van der Waals surface area contributed by atoms with E-state index in [9.17, 15) is 19.6 Å². The number of nitrogens with two attached hydrogens (primary N) is 1. The minimum atomic E-state index is -4.08. The molecule has 6 N–H and O–H groups in total. The number of nitrogens with zero attached hydrogens (tertiary/aromatic N) is 1. The molecule has 90 valence electrons. The van der Waals surface area contributed by atoms with E-state index in [1.54, 1.807) is 0 Å². The van der Waals surface area contributed by atoms with Crippen LogP contribution in [0.15, 0.2) is 24.3 Å². The molecule has 0 saturated heterocycles. The zero-order chi connectivity index (χ0) is 11.5. The number of nitro benzene ring substituents is 1. The highest BCUT2D eigenvalue weighted by Gasteiger charge is 2.09. The summed E-state index contributed by atoms with van der Waals surface area (Å²) in [6.45, 7) is 0. The highest BCUT2D eigenvalue weighted by Crippen LogP contribution is 2.36. The maximum Gasteiger partial charge on any atom is 0.269 e. The largest absolute Gasteiger partial charge is 0.768 e. The summed E-state index contributed by atoms with van der Waals surface area (Å²) in [4.78, 5) is 20.6. The van der Waals surface area contributed by atoms with E-state index in [1.165, 1.54) is 12.1 Å². The number of hydrogen-bond acceptors (Lipinski definition) is 6. The summed E-state index contributed by atoms with van der Waals surface area (Å²) < 4.78 is 15.5. The topological polar surface area (TPSA) is 155 Å². The third-order valence-electron chi connectivity index (χ3n) is 1.52. The van der Waals surface area contributed by atoms with E-state index in [4.69, 9.17) is 5.73 Å². The molecule has 0 aliphatic heterocycles. The summed E-state index contributed by atoms with van der Waals surface area (Å²) >= 11 is 0. The van der Waals surface area contributed by atoms with Gasteiger partial charge in [0.05, 0.1) is 11.2 Å². The Hall–Kier alpha value is -1.47. The van der Waals surface area contributed by atoms with Gasteiger partial charge in [-0.2, -0.15) is 0 Å². The zero-order valence-electron chi connectivity index (χ0n) is 8.53. The van der Waals surface area contributed by atoms with Crippen molar-refractivity contribution in [3.63, 3.8) is 0 Å². The van der Waals surface area contributed by atoms with Gasteiger partial charge < -0.3 is 21.3 Å². The van der Waals surface area contributed by atoms with Crippen molar-refractivity contribution >= 4 is 13.3 Å².